The van der Waals surface area contributed by atoms with E-state index in [0.29, 0.717) is 11.1 Å². The molecule has 1 saturated heterocycles. The molecule has 1 aromatic rings. The molecule has 1 unspecified atom stereocenters. The van der Waals surface area contributed by atoms with E-state index in [4.69, 9.17) is 11.6 Å². The highest BCUT2D eigenvalue weighted by molar-refractivity contribution is 6.29. The van der Waals surface area contributed by atoms with E-state index in [1.54, 1.807) is 0 Å². The van der Waals surface area contributed by atoms with Crippen LogP contribution in [-0.2, 0) is 6.42 Å². The lowest BCUT2D eigenvalue weighted by molar-refractivity contribution is 0.212. The monoisotopic (exact) mass is 392 g/mol. The van der Waals surface area contributed by atoms with Crippen LogP contribution in [0.2, 0.25) is 5.15 Å². The Hall–Kier alpha value is -1.08. The van der Waals surface area contributed by atoms with Crippen LogP contribution in [0.4, 0.5) is 0 Å². The van der Waals surface area contributed by atoms with Gasteiger partial charge < -0.3 is 4.90 Å². The third-order valence-corrected chi connectivity index (χ3v) is 5.00. The summed E-state index contributed by atoms with van der Waals surface area (Å²) in [5.41, 5.74) is 5.14. The van der Waals surface area contributed by atoms with Crippen molar-refractivity contribution in [2.45, 2.75) is 73.1 Å². The molecule has 0 saturated carbocycles. The molecule has 2 rings (SSSR count). The zero-order valence-electron chi connectivity index (χ0n) is 18.5. The second-order valence-electron chi connectivity index (χ2n) is 7.36. The Labute approximate surface area is 173 Å². The molecule has 2 heterocycles. The van der Waals surface area contributed by atoms with Crippen molar-refractivity contribution in [3.8, 4) is 0 Å². The number of likely N-dealkylation sites (tertiary alicyclic amines) is 1. The Bertz CT molecular complexity index is 521. The maximum Gasteiger partial charge on any atom is 0.129 e. The molecule has 2 nitrogen and oxygen atoms in total. The molecule has 0 amide bonds. The average Bonchev–Trinajstić information content (AvgIpc) is 2.63. The molecule has 1 aliphatic rings. The largest absolute Gasteiger partial charge is 0.306 e. The van der Waals surface area contributed by atoms with Crippen molar-refractivity contribution in [1.29, 1.82) is 0 Å². The molecule has 1 aromatic heterocycles. The number of piperidine rings is 1. The normalized spacial score (nSPS) is 15.5. The summed E-state index contributed by atoms with van der Waals surface area (Å²) < 4.78 is 0. The van der Waals surface area contributed by atoms with Crippen molar-refractivity contribution in [2.24, 2.45) is 11.8 Å². The third kappa shape index (κ3) is 12.8. The van der Waals surface area contributed by atoms with Gasteiger partial charge in [0.05, 0.1) is 0 Å². The van der Waals surface area contributed by atoms with E-state index in [-0.39, 0.29) is 0 Å². The summed E-state index contributed by atoms with van der Waals surface area (Å²) in [6, 6.07) is 4.16. The number of hydrogen-bond acceptors (Lipinski definition) is 2. The highest BCUT2D eigenvalue weighted by atomic mass is 35.5. The van der Waals surface area contributed by atoms with Crippen LogP contribution in [-0.4, -0.2) is 30.0 Å². The fourth-order valence-electron chi connectivity index (χ4n) is 3.30. The van der Waals surface area contributed by atoms with Crippen LogP contribution in [0, 0.1) is 18.8 Å². The lowest BCUT2D eigenvalue weighted by Gasteiger charge is -2.28. The number of pyridine rings is 1. The highest BCUT2D eigenvalue weighted by Crippen LogP contribution is 2.22. The maximum atomic E-state index is 5.97. The summed E-state index contributed by atoms with van der Waals surface area (Å²) in [6.45, 7) is 16.4. The molecular weight excluding hydrogens is 352 g/mol. The van der Waals surface area contributed by atoms with Crippen molar-refractivity contribution in [2.75, 3.05) is 20.1 Å². The van der Waals surface area contributed by atoms with Crippen molar-refractivity contribution < 1.29 is 0 Å². The topological polar surface area (TPSA) is 16.1 Å². The molecule has 27 heavy (non-hydrogen) atoms. The van der Waals surface area contributed by atoms with Crippen LogP contribution in [0.25, 0.3) is 0 Å². The van der Waals surface area contributed by atoms with Gasteiger partial charge in [0.25, 0.3) is 0 Å². The first-order valence-corrected chi connectivity index (χ1v) is 11.0. The van der Waals surface area contributed by atoms with Gasteiger partial charge in [0.1, 0.15) is 5.15 Å². The van der Waals surface area contributed by atoms with Crippen molar-refractivity contribution in [3.63, 3.8) is 0 Å². The van der Waals surface area contributed by atoms with Gasteiger partial charge in [-0.1, -0.05) is 52.3 Å². The van der Waals surface area contributed by atoms with E-state index in [1.165, 1.54) is 50.8 Å². The summed E-state index contributed by atoms with van der Waals surface area (Å²) in [6.07, 6.45) is 9.62. The highest BCUT2D eigenvalue weighted by Gasteiger charge is 2.16. The Morgan fingerprint density at radius 2 is 1.96 bits per heavy atom. The van der Waals surface area contributed by atoms with Crippen molar-refractivity contribution in [1.82, 2.24) is 9.88 Å². The number of aromatic nitrogens is 1. The van der Waals surface area contributed by atoms with Gasteiger partial charge in [0.15, 0.2) is 0 Å². The van der Waals surface area contributed by atoms with Gasteiger partial charge in [-0.05, 0) is 94.8 Å². The summed E-state index contributed by atoms with van der Waals surface area (Å²) in [5, 5.41) is 0.628. The first-order valence-electron chi connectivity index (χ1n) is 10.6. The summed E-state index contributed by atoms with van der Waals surface area (Å²) in [4.78, 5) is 6.62. The SMILES string of the molecule is C=C=CC(C)CCC.CC.Cc1cc(CCC2CCN(C)CC2)cc(Cl)n1. The molecule has 0 spiro atoms. The van der Waals surface area contributed by atoms with Crippen LogP contribution in [0.3, 0.4) is 0 Å². The first kappa shape index (κ1) is 25.9. The number of halogens is 1. The minimum absolute atomic E-state index is 0.628. The molecule has 0 aliphatic carbocycles. The average molecular weight is 393 g/mol. The molecule has 0 aromatic carbocycles. The van der Waals surface area contributed by atoms with E-state index >= 15 is 0 Å². The lowest BCUT2D eigenvalue weighted by Crippen LogP contribution is -2.30. The van der Waals surface area contributed by atoms with Crippen LogP contribution >= 0.6 is 11.6 Å². The van der Waals surface area contributed by atoms with Gasteiger partial charge in [0.2, 0.25) is 0 Å². The minimum Gasteiger partial charge on any atom is -0.306 e. The number of nitrogens with zero attached hydrogens (tertiary/aromatic N) is 2. The van der Waals surface area contributed by atoms with Crippen LogP contribution in [0.5, 0.6) is 0 Å². The Kier molecular flexibility index (Phi) is 15.3. The first-order chi connectivity index (χ1) is 12.9. The Balaban J connectivity index is 0.000000574. The van der Waals surface area contributed by atoms with E-state index in [1.807, 2.05) is 32.9 Å². The molecule has 0 radical (unpaired) electrons. The predicted octanol–water partition coefficient (Wildman–Crippen LogP) is 7.11. The third-order valence-electron chi connectivity index (χ3n) is 4.81. The van der Waals surface area contributed by atoms with Crippen molar-refractivity contribution in [3.05, 3.63) is 46.9 Å². The van der Waals surface area contributed by atoms with Crippen LogP contribution in [0.1, 0.15) is 71.1 Å². The number of rotatable bonds is 6. The number of allylic oxidation sites excluding steroid dienone is 1. The Morgan fingerprint density at radius 1 is 1.33 bits per heavy atom. The van der Waals surface area contributed by atoms with Gasteiger partial charge >= 0.3 is 0 Å². The quantitative estimate of drug-likeness (QED) is 0.378. The maximum absolute atomic E-state index is 5.97. The number of hydrogen-bond donors (Lipinski definition) is 0. The predicted molar refractivity (Wildman–Crippen MR) is 122 cm³/mol. The molecular formula is C24H41ClN2. The fourth-order valence-corrected chi connectivity index (χ4v) is 3.58. The van der Waals surface area contributed by atoms with Gasteiger partial charge in [-0.2, -0.15) is 0 Å². The van der Waals surface area contributed by atoms with E-state index in [0.717, 1.165) is 18.0 Å². The van der Waals surface area contributed by atoms with Gasteiger partial charge in [-0.15, -0.1) is 5.73 Å². The lowest BCUT2D eigenvalue weighted by atomic mass is 9.91. The molecule has 1 atom stereocenters. The molecule has 0 bridgehead atoms. The van der Waals surface area contributed by atoms with E-state index in [9.17, 15) is 0 Å². The van der Waals surface area contributed by atoms with Gasteiger partial charge in [-0.3, -0.25) is 0 Å². The molecule has 154 valence electrons. The summed E-state index contributed by atoms with van der Waals surface area (Å²) in [7, 11) is 2.21. The van der Waals surface area contributed by atoms with Crippen LogP contribution < -0.4 is 0 Å². The molecule has 1 aliphatic heterocycles. The second kappa shape index (κ2) is 15.9. The smallest absolute Gasteiger partial charge is 0.129 e. The molecule has 0 N–H and O–H groups in total. The van der Waals surface area contributed by atoms with Gasteiger partial charge in [-0.25, -0.2) is 4.98 Å². The zero-order valence-corrected chi connectivity index (χ0v) is 19.3. The fraction of sp³-hybridized carbons (Fsp3) is 0.667. The molecule has 3 heteroatoms. The van der Waals surface area contributed by atoms with E-state index < -0.39 is 0 Å². The van der Waals surface area contributed by atoms with Crippen LogP contribution in [0.15, 0.2) is 30.5 Å². The second-order valence-corrected chi connectivity index (χ2v) is 7.75. The summed E-state index contributed by atoms with van der Waals surface area (Å²) in [5.74, 6) is 1.55. The van der Waals surface area contributed by atoms with Gasteiger partial charge in [0, 0.05) is 5.69 Å². The standard InChI is InChI=1S/C14H21ClN2.C8H14.C2H6/c1-11-9-13(10-14(15)16-11)4-3-12-5-7-17(2)8-6-12;1-4-6-8(3)7-5-2;1-2/h9-10,12H,3-8H2,1-2H3;6,8H,1,5,7H2,2-3H3;1-2H3. The summed E-state index contributed by atoms with van der Waals surface area (Å²) >= 11 is 5.97. The molecule has 1 fully saturated rings. The van der Waals surface area contributed by atoms with E-state index in [2.05, 4.69) is 49.2 Å². The number of aryl methyl sites for hydroxylation is 2. The Morgan fingerprint density at radius 3 is 2.48 bits per heavy atom. The zero-order chi connectivity index (χ0) is 20.7. The van der Waals surface area contributed by atoms with Crippen molar-refractivity contribution >= 4 is 11.6 Å². The minimum atomic E-state index is 0.628.